The Morgan fingerprint density at radius 2 is 1.90 bits per heavy atom. The van der Waals surface area contributed by atoms with Gasteiger partial charge in [-0.3, -0.25) is 14.4 Å². The van der Waals surface area contributed by atoms with Crippen LogP contribution in [0.2, 0.25) is 0 Å². The fourth-order valence-electron chi connectivity index (χ4n) is 2.95. The van der Waals surface area contributed by atoms with Crippen molar-refractivity contribution in [3.63, 3.8) is 0 Å². The average Bonchev–Trinajstić information content (AvgIpc) is 3.24. The van der Waals surface area contributed by atoms with Crippen LogP contribution in [0.1, 0.15) is 30.4 Å². The van der Waals surface area contributed by atoms with E-state index in [9.17, 15) is 14.4 Å². The van der Waals surface area contributed by atoms with Crippen molar-refractivity contribution in [2.24, 2.45) is 5.10 Å². The van der Waals surface area contributed by atoms with Gasteiger partial charge in [0, 0.05) is 23.0 Å². The summed E-state index contributed by atoms with van der Waals surface area (Å²) in [6.45, 7) is 2.00. The Kier molecular flexibility index (Phi) is 7.35. The Hall–Kier alpha value is -3.00. The molecule has 2 aromatic carbocycles. The maximum atomic E-state index is 12.3. The van der Waals surface area contributed by atoms with Gasteiger partial charge in [-0.2, -0.15) is 5.10 Å². The topological polar surface area (TPSA) is 88.1 Å². The molecule has 0 atom stereocenters. The van der Waals surface area contributed by atoms with E-state index in [1.807, 2.05) is 49.4 Å². The maximum absolute atomic E-state index is 12.3. The fraction of sp³-hybridized carbons (Fsp3) is 0.273. The van der Waals surface area contributed by atoms with E-state index in [1.165, 1.54) is 5.01 Å². The first-order chi connectivity index (χ1) is 14.4. The lowest BCUT2D eigenvalue weighted by Gasteiger charge is -2.11. The minimum absolute atomic E-state index is 0.0159. The van der Waals surface area contributed by atoms with Gasteiger partial charge in [-0.25, -0.2) is 5.01 Å². The van der Waals surface area contributed by atoms with Crippen LogP contribution in [0.15, 0.2) is 58.1 Å². The highest BCUT2D eigenvalue weighted by Gasteiger charge is 2.22. The Morgan fingerprint density at radius 3 is 2.63 bits per heavy atom. The van der Waals surface area contributed by atoms with Crippen LogP contribution in [0.25, 0.3) is 0 Å². The molecule has 30 heavy (non-hydrogen) atoms. The highest BCUT2D eigenvalue weighted by atomic mass is 79.9. The predicted octanol–water partition coefficient (Wildman–Crippen LogP) is 3.66. The highest BCUT2D eigenvalue weighted by Crippen LogP contribution is 2.20. The molecular weight excluding hydrogens is 450 g/mol. The number of carbonyl (C=O) groups excluding carboxylic acids is 3. The van der Waals surface area contributed by atoms with Crippen molar-refractivity contribution in [3.05, 3.63) is 64.1 Å². The summed E-state index contributed by atoms with van der Waals surface area (Å²) in [6, 6.07) is 15.0. The predicted molar refractivity (Wildman–Crippen MR) is 117 cm³/mol. The summed E-state index contributed by atoms with van der Waals surface area (Å²) in [7, 11) is 0. The van der Waals surface area contributed by atoms with Crippen molar-refractivity contribution < 1.29 is 19.1 Å². The number of aryl methyl sites for hydroxylation is 1. The van der Waals surface area contributed by atoms with E-state index in [2.05, 4.69) is 26.3 Å². The smallest absolute Gasteiger partial charge is 0.306 e. The van der Waals surface area contributed by atoms with Gasteiger partial charge in [0.2, 0.25) is 5.91 Å². The summed E-state index contributed by atoms with van der Waals surface area (Å²) in [6.07, 6.45) is 0.560. The third-order valence-electron chi connectivity index (χ3n) is 4.55. The molecule has 1 N–H and O–H groups in total. The quantitative estimate of drug-likeness (QED) is 0.624. The zero-order valence-electron chi connectivity index (χ0n) is 16.6. The summed E-state index contributed by atoms with van der Waals surface area (Å²) in [4.78, 5) is 36.1. The molecule has 0 radical (unpaired) electrons. The second kappa shape index (κ2) is 10.2. The molecular formula is C22H22BrN3O4. The van der Waals surface area contributed by atoms with Crippen LogP contribution in [0.4, 0.5) is 5.69 Å². The number of hydrogen-bond donors (Lipinski definition) is 1. The zero-order valence-corrected chi connectivity index (χ0v) is 18.1. The van der Waals surface area contributed by atoms with Crippen molar-refractivity contribution in [2.45, 2.75) is 26.2 Å². The first-order valence-corrected chi connectivity index (χ1v) is 10.4. The standard InChI is InChI=1S/C22H22BrN3O4/c1-15-13-17(7-8-18(15)23)24-20(27)14-30-22(29)10-9-21(28)26-12-11-19(25-26)16-5-3-2-4-6-16/h2-8,13H,9-12,14H2,1H3,(H,24,27). The number of hydrazone groups is 1. The molecule has 3 rings (SSSR count). The molecule has 0 saturated heterocycles. The first-order valence-electron chi connectivity index (χ1n) is 9.57. The maximum Gasteiger partial charge on any atom is 0.306 e. The number of esters is 1. The van der Waals surface area contributed by atoms with Crippen LogP contribution < -0.4 is 5.32 Å². The van der Waals surface area contributed by atoms with Crippen LogP contribution in [0.3, 0.4) is 0 Å². The van der Waals surface area contributed by atoms with E-state index in [0.29, 0.717) is 18.7 Å². The van der Waals surface area contributed by atoms with Gasteiger partial charge in [0.05, 0.1) is 18.7 Å². The van der Waals surface area contributed by atoms with Gasteiger partial charge in [-0.1, -0.05) is 46.3 Å². The molecule has 0 unspecified atom stereocenters. The van der Waals surface area contributed by atoms with Gasteiger partial charge in [0.25, 0.3) is 5.91 Å². The van der Waals surface area contributed by atoms with Crippen LogP contribution in [0.5, 0.6) is 0 Å². The molecule has 0 saturated carbocycles. The van der Waals surface area contributed by atoms with Crippen molar-refractivity contribution >= 4 is 45.1 Å². The second-order valence-electron chi connectivity index (χ2n) is 6.85. The van der Waals surface area contributed by atoms with Gasteiger partial charge in [0.1, 0.15) is 0 Å². The van der Waals surface area contributed by atoms with Crippen molar-refractivity contribution in [3.8, 4) is 0 Å². The number of ether oxygens (including phenoxy) is 1. The molecule has 156 valence electrons. The fourth-order valence-corrected chi connectivity index (χ4v) is 3.19. The number of nitrogens with zero attached hydrogens (tertiary/aromatic N) is 2. The number of nitrogens with one attached hydrogen (secondary N) is 1. The second-order valence-corrected chi connectivity index (χ2v) is 7.71. The minimum atomic E-state index is -0.600. The Bertz CT molecular complexity index is 976. The third kappa shape index (κ3) is 6.00. The van der Waals surface area contributed by atoms with Crippen LogP contribution in [-0.4, -0.2) is 41.7 Å². The SMILES string of the molecule is Cc1cc(NC(=O)COC(=O)CCC(=O)N2CCC(c3ccccc3)=N2)ccc1Br. The van der Waals surface area contributed by atoms with Gasteiger partial charge in [-0.15, -0.1) is 0 Å². The molecule has 0 spiro atoms. The molecule has 1 heterocycles. The molecule has 0 fully saturated rings. The number of carbonyl (C=O) groups is 3. The molecule has 2 amide bonds. The summed E-state index contributed by atoms with van der Waals surface area (Å²) in [5.41, 5.74) is 3.43. The van der Waals surface area contributed by atoms with Gasteiger partial charge >= 0.3 is 5.97 Å². The largest absolute Gasteiger partial charge is 0.456 e. The third-order valence-corrected chi connectivity index (χ3v) is 5.44. The lowest BCUT2D eigenvalue weighted by atomic mass is 10.1. The monoisotopic (exact) mass is 471 g/mol. The number of halogens is 1. The van der Waals surface area contributed by atoms with E-state index in [1.54, 1.807) is 6.07 Å². The summed E-state index contributed by atoms with van der Waals surface area (Å²) in [5.74, 6) is -1.28. The zero-order chi connectivity index (χ0) is 21.5. The number of anilines is 1. The molecule has 7 nitrogen and oxygen atoms in total. The lowest BCUT2D eigenvalue weighted by Crippen LogP contribution is -2.25. The Labute approximate surface area is 183 Å². The van der Waals surface area contributed by atoms with Gasteiger partial charge in [-0.05, 0) is 36.2 Å². The molecule has 0 bridgehead atoms. The summed E-state index contributed by atoms with van der Waals surface area (Å²) in [5, 5.41) is 8.40. The van der Waals surface area contributed by atoms with E-state index >= 15 is 0 Å². The molecule has 0 aromatic heterocycles. The normalized spacial score (nSPS) is 13.0. The lowest BCUT2D eigenvalue weighted by molar-refractivity contribution is -0.148. The van der Waals surface area contributed by atoms with E-state index < -0.39 is 18.5 Å². The summed E-state index contributed by atoms with van der Waals surface area (Å²) < 4.78 is 5.91. The minimum Gasteiger partial charge on any atom is -0.456 e. The number of benzene rings is 2. The molecule has 1 aliphatic rings. The van der Waals surface area contributed by atoms with Crippen molar-refractivity contribution in [1.29, 1.82) is 0 Å². The summed E-state index contributed by atoms with van der Waals surface area (Å²) >= 11 is 3.39. The van der Waals surface area contributed by atoms with E-state index in [4.69, 9.17) is 4.74 Å². The molecule has 2 aromatic rings. The van der Waals surface area contributed by atoms with E-state index in [-0.39, 0.29) is 18.7 Å². The Balaban J connectivity index is 1.40. The first kappa shape index (κ1) is 21.7. The van der Waals surface area contributed by atoms with Crippen LogP contribution in [-0.2, 0) is 19.1 Å². The molecule has 0 aliphatic carbocycles. The van der Waals surface area contributed by atoms with Gasteiger partial charge in [0.15, 0.2) is 6.61 Å². The number of amides is 2. The number of hydrogen-bond acceptors (Lipinski definition) is 5. The van der Waals surface area contributed by atoms with Crippen LogP contribution >= 0.6 is 15.9 Å². The van der Waals surface area contributed by atoms with Crippen molar-refractivity contribution in [2.75, 3.05) is 18.5 Å². The van der Waals surface area contributed by atoms with Crippen LogP contribution in [0, 0.1) is 6.92 Å². The Morgan fingerprint density at radius 1 is 1.13 bits per heavy atom. The van der Waals surface area contributed by atoms with Crippen molar-refractivity contribution in [1.82, 2.24) is 5.01 Å². The van der Waals surface area contributed by atoms with E-state index in [0.717, 1.165) is 21.3 Å². The number of rotatable bonds is 7. The highest BCUT2D eigenvalue weighted by molar-refractivity contribution is 9.10. The molecule has 8 heteroatoms. The molecule has 1 aliphatic heterocycles. The van der Waals surface area contributed by atoms with Gasteiger partial charge < -0.3 is 10.1 Å². The average molecular weight is 472 g/mol.